The monoisotopic (exact) mass is 490 g/mol. The van der Waals surface area contributed by atoms with Crippen LogP contribution in [0.3, 0.4) is 0 Å². The molecule has 5 heteroatoms. The smallest absolute Gasteiger partial charge is 0.402 e. The normalized spacial score (nSPS) is 19.9. The fourth-order valence-corrected chi connectivity index (χ4v) is 2.81. The second-order valence-corrected chi connectivity index (χ2v) is 7.60. The summed E-state index contributed by atoms with van der Waals surface area (Å²) >= 11 is 0. The minimum Gasteiger partial charge on any atom is -0.402 e. The zero-order valence-corrected chi connectivity index (χ0v) is 19.5. The molecule has 0 unspecified atom stereocenters. The predicted molar refractivity (Wildman–Crippen MR) is 102 cm³/mol. The van der Waals surface area contributed by atoms with Crippen molar-refractivity contribution in [1.29, 1.82) is 0 Å². The maximum atomic E-state index is 7.17. The van der Waals surface area contributed by atoms with Crippen LogP contribution in [-0.4, -0.2) is 22.4 Å². The molecule has 0 heterocycles. The molecular weight excluding hydrogens is 456 g/mol. The molecule has 0 aromatic heterocycles. The average Bonchev–Trinajstić information content (AvgIpc) is 2.69. The molecule has 0 aromatic rings. The molecule has 0 spiro atoms. The van der Waals surface area contributed by atoms with Crippen molar-refractivity contribution in [3.05, 3.63) is 45.6 Å². The molecule has 3 nitrogen and oxygen atoms in total. The molecule has 2 aliphatic carbocycles. The van der Waals surface area contributed by atoms with Crippen LogP contribution in [0.15, 0.2) is 33.4 Å². The molecule has 0 aliphatic heterocycles. The Balaban J connectivity index is 0. The van der Waals surface area contributed by atoms with Crippen LogP contribution in [0.4, 0.5) is 0 Å². The van der Waals surface area contributed by atoms with E-state index in [1.807, 2.05) is 0 Å². The van der Waals surface area contributed by atoms with Gasteiger partial charge < -0.3 is 15.1 Å². The molecule has 0 amide bonds. The van der Waals surface area contributed by atoms with Crippen LogP contribution in [0.25, 0.3) is 0 Å². The minimum atomic E-state index is -2.17. The van der Waals surface area contributed by atoms with E-state index in [0.29, 0.717) is 0 Å². The van der Waals surface area contributed by atoms with Crippen molar-refractivity contribution in [3.8, 4) is 0 Å². The van der Waals surface area contributed by atoms with Crippen LogP contribution in [0.2, 0.25) is 0 Å². The molecule has 0 saturated carbocycles. The van der Waals surface area contributed by atoms with Gasteiger partial charge >= 0.3 is 47.3 Å². The van der Waals surface area contributed by atoms with Crippen molar-refractivity contribution in [2.75, 3.05) is 0 Å². The van der Waals surface area contributed by atoms with Gasteiger partial charge in [0.15, 0.2) is 0 Å². The van der Waals surface area contributed by atoms with Crippen LogP contribution in [0.1, 0.15) is 69.2 Å². The van der Waals surface area contributed by atoms with Gasteiger partial charge in [-0.3, -0.25) is 12.2 Å². The van der Waals surface area contributed by atoms with Crippen molar-refractivity contribution in [2.45, 2.75) is 69.2 Å². The maximum Gasteiger partial charge on any atom is 2.00 e. The van der Waals surface area contributed by atoms with Crippen molar-refractivity contribution in [3.63, 3.8) is 0 Å². The molecule has 25 heavy (non-hydrogen) atoms. The van der Waals surface area contributed by atoms with E-state index in [1.54, 1.807) is 0 Å². The summed E-state index contributed by atoms with van der Waals surface area (Å²) in [5, 5.41) is 21.5. The zero-order valence-electron chi connectivity index (χ0n) is 17.3. The zero-order chi connectivity index (χ0) is 19.5. The molecule has 3 N–H and O–H groups in total. The van der Waals surface area contributed by atoms with Crippen molar-refractivity contribution in [2.24, 2.45) is 10.8 Å². The predicted octanol–water partition coefficient (Wildman–Crippen LogP) is 4.17. The van der Waals surface area contributed by atoms with Gasteiger partial charge in [0.25, 0.3) is 0 Å². The Hall–Kier alpha value is 0.230. The molecule has 0 bridgehead atoms. The Morgan fingerprint density at radius 2 is 0.840 bits per heavy atom. The Labute approximate surface area is 186 Å². The summed E-state index contributed by atoms with van der Waals surface area (Å²) < 4.78 is 0. The van der Waals surface area contributed by atoms with Crippen LogP contribution < -0.4 is 0 Å². The molecule has 0 atom stereocenters. The molecule has 2 rings (SSSR count). The van der Waals surface area contributed by atoms with E-state index in [4.69, 9.17) is 15.1 Å². The number of allylic oxidation sites excluding steroid dienone is 8. The quantitative estimate of drug-likeness (QED) is 0.354. The summed E-state index contributed by atoms with van der Waals surface area (Å²) in [6.45, 7) is 21.8. The van der Waals surface area contributed by atoms with E-state index in [2.05, 4.69) is 81.4 Å². The van der Waals surface area contributed by atoms with Gasteiger partial charge in [-0.2, -0.15) is 22.3 Å². The summed E-state index contributed by atoms with van der Waals surface area (Å²) in [4.78, 5) is 0. The van der Waals surface area contributed by atoms with Gasteiger partial charge in [-0.15, -0.1) is 13.8 Å². The van der Waals surface area contributed by atoms with Crippen molar-refractivity contribution >= 4 is 7.32 Å². The Morgan fingerprint density at radius 1 is 0.640 bits per heavy atom. The topological polar surface area (TPSA) is 60.7 Å². The third kappa shape index (κ3) is 8.19. The molecule has 2 aliphatic rings. The third-order valence-electron chi connectivity index (χ3n) is 5.12. The van der Waals surface area contributed by atoms with E-state index in [-0.39, 0.29) is 50.8 Å². The summed E-state index contributed by atoms with van der Waals surface area (Å²) in [6.07, 6.45) is 6.87. The maximum absolute atomic E-state index is 7.17. The van der Waals surface area contributed by atoms with E-state index in [9.17, 15) is 0 Å². The van der Waals surface area contributed by atoms with Crippen LogP contribution in [0, 0.1) is 62.9 Å². The van der Waals surface area contributed by atoms with E-state index in [0.717, 1.165) is 0 Å². The van der Waals surface area contributed by atoms with E-state index >= 15 is 0 Å². The van der Waals surface area contributed by atoms with Gasteiger partial charge in [-0.05, 0) is 0 Å². The first-order valence-electron chi connectivity index (χ1n) is 8.27. The third-order valence-corrected chi connectivity index (χ3v) is 5.12. The second kappa shape index (κ2) is 10.5. The van der Waals surface area contributed by atoms with E-state index in [1.165, 1.54) is 33.4 Å². The van der Waals surface area contributed by atoms with Gasteiger partial charge in [0, 0.05) is 0 Å². The Kier molecular flexibility index (Phi) is 11.6. The van der Waals surface area contributed by atoms with Crippen molar-refractivity contribution < 1.29 is 55.0 Å². The molecule has 0 fully saturated rings. The minimum absolute atomic E-state index is 0. The van der Waals surface area contributed by atoms with Crippen LogP contribution in [-0.2, 0) is 0 Å². The fraction of sp³-hybridized carbons (Fsp3) is 0.600. The number of hydrogen-bond acceptors (Lipinski definition) is 3. The van der Waals surface area contributed by atoms with Crippen molar-refractivity contribution in [1.82, 2.24) is 0 Å². The summed E-state index contributed by atoms with van der Waals surface area (Å²) in [5.74, 6) is 0. The average molecular weight is 490 g/mol. The first-order chi connectivity index (χ1) is 10.6. The Morgan fingerprint density at radius 3 is 0.880 bits per heavy atom. The van der Waals surface area contributed by atoms with Gasteiger partial charge in [0.05, 0.1) is 0 Å². The molecule has 0 saturated heterocycles. The van der Waals surface area contributed by atoms with Gasteiger partial charge in [-0.25, -0.2) is 11.1 Å². The summed E-state index contributed by atoms with van der Waals surface area (Å²) in [5.41, 5.74) is 8.79. The molecule has 0 aromatic carbocycles. The number of hydrogen-bond donors (Lipinski definition) is 3. The first kappa shape index (κ1) is 27.4. The van der Waals surface area contributed by atoms with Crippen LogP contribution >= 0.6 is 0 Å². The fourth-order valence-electron chi connectivity index (χ4n) is 2.81. The van der Waals surface area contributed by atoms with Gasteiger partial charge in [-0.1, -0.05) is 66.2 Å². The molecule has 142 valence electrons. The van der Waals surface area contributed by atoms with Crippen LogP contribution in [0.5, 0.6) is 0 Å². The van der Waals surface area contributed by atoms with Gasteiger partial charge in [0.2, 0.25) is 0 Å². The van der Waals surface area contributed by atoms with Gasteiger partial charge in [0.1, 0.15) is 0 Å². The number of rotatable bonds is 0. The standard InChI is InChI=1S/2C10H15.BH3O3.Gd/c2*1-7-6-10(4,5)9(3)8(7)2;2-1(3)4;/h2*1-5H3;2-4H;/q2*-1;;+2. The summed E-state index contributed by atoms with van der Waals surface area (Å²) in [6, 6.07) is 0. The first-order valence-corrected chi connectivity index (χ1v) is 8.27. The summed E-state index contributed by atoms with van der Waals surface area (Å²) in [7, 11) is -2.17. The molecular formula is C20H33BGdO3. The molecule has 0 radical (unpaired) electrons. The SMILES string of the molecule is CC1=[C-]C(C)(C)C(C)=C1C.CC1=[C-]C(C)(C)C(C)=C1C.OB(O)O.[Gd+2]. The second-order valence-electron chi connectivity index (χ2n) is 7.60. The van der Waals surface area contributed by atoms with E-state index < -0.39 is 7.32 Å². The largest absolute Gasteiger partial charge is 2.00 e. The Bertz CT molecular complexity index is 541.